The van der Waals surface area contributed by atoms with Crippen molar-refractivity contribution in [2.24, 2.45) is 5.41 Å². The van der Waals surface area contributed by atoms with Crippen LogP contribution in [0.3, 0.4) is 0 Å². The molecule has 0 spiro atoms. The molecule has 2 aliphatic rings. The second-order valence-electron chi connectivity index (χ2n) is 6.57. The van der Waals surface area contributed by atoms with Crippen molar-refractivity contribution in [3.8, 4) is 0 Å². The Bertz CT molecular complexity index is 371. The molecule has 0 aliphatic carbocycles. The molecule has 1 N–H and O–H groups in total. The van der Waals surface area contributed by atoms with Gasteiger partial charge >= 0.3 is 0 Å². The molecule has 2 atom stereocenters. The lowest BCUT2D eigenvalue weighted by atomic mass is 9.83. The van der Waals surface area contributed by atoms with E-state index in [2.05, 4.69) is 32.2 Å². The van der Waals surface area contributed by atoms with Crippen molar-refractivity contribution in [2.45, 2.75) is 45.8 Å². The minimum Gasteiger partial charge on any atom is -0.380 e. The summed E-state index contributed by atoms with van der Waals surface area (Å²) in [4.78, 5) is 14.4. The minimum absolute atomic E-state index is 0.0606. The molecule has 4 nitrogen and oxygen atoms in total. The highest BCUT2D eigenvalue weighted by atomic mass is 16.5. The molecule has 2 aliphatic heterocycles. The molecule has 0 aromatic rings. The lowest BCUT2D eigenvalue weighted by molar-refractivity contribution is -0.133. The topological polar surface area (TPSA) is 41.6 Å². The average Bonchev–Trinajstić information content (AvgIpc) is 2.86. The van der Waals surface area contributed by atoms with Crippen molar-refractivity contribution >= 4 is 5.91 Å². The Kier molecular flexibility index (Phi) is 4.31. The van der Waals surface area contributed by atoms with Gasteiger partial charge in [-0.05, 0) is 18.3 Å². The van der Waals surface area contributed by atoms with Crippen LogP contribution >= 0.6 is 0 Å². The normalized spacial score (nSPS) is 28.4. The molecule has 1 amide bonds. The summed E-state index contributed by atoms with van der Waals surface area (Å²) in [5.41, 5.74) is 1.69. The van der Waals surface area contributed by atoms with Crippen LogP contribution in [0, 0.1) is 5.41 Å². The molecular weight excluding hydrogens is 240 g/mol. The monoisotopic (exact) mass is 266 g/mol. The summed E-state index contributed by atoms with van der Waals surface area (Å²) in [5.74, 6) is 0.226. The molecule has 0 saturated carbocycles. The fourth-order valence-corrected chi connectivity index (χ4v) is 2.84. The number of nitrogens with zero attached hydrogens (tertiary/aromatic N) is 1. The van der Waals surface area contributed by atoms with E-state index in [-0.39, 0.29) is 23.5 Å². The van der Waals surface area contributed by atoms with Gasteiger partial charge in [0.05, 0.1) is 12.1 Å². The first-order valence-electron chi connectivity index (χ1n) is 7.16. The van der Waals surface area contributed by atoms with Gasteiger partial charge in [-0.2, -0.15) is 0 Å². The van der Waals surface area contributed by atoms with Crippen molar-refractivity contribution in [3.63, 3.8) is 0 Å². The van der Waals surface area contributed by atoms with Gasteiger partial charge in [-0.3, -0.25) is 4.79 Å². The van der Waals surface area contributed by atoms with Gasteiger partial charge in [0.15, 0.2) is 0 Å². The SMILES string of the molecule is COC1CNC(C(=O)N2CC=C(C(C)(C)C)CC2)C1. The van der Waals surface area contributed by atoms with E-state index in [1.165, 1.54) is 5.57 Å². The summed E-state index contributed by atoms with van der Waals surface area (Å²) < 4.78 is 5.30. The van der Waals surface area contributed by atoms with Crippen molar-refractivity contribution in [3.05, 3.63) is 11.6 Å². The van der Waals surface area contributed by atoms with E-state index in [1.54, 1.807) is 7.11 Å². The standard InChI is InChI=1S/C15H26N2O2/c1-15(2,3)11-5-7-17(8-6-11)14(18)13-9-12(19-4)10-16-13/h5,12-13,16H,6-10H2,1-4H3. The number of hydrogen-bond acceptors (Lipinski definition) is 3. The van der Waals surface area contributed by atoms with Gasteiger partial charge in [-0.15, -0.1) is 0 Å². The van der Waals surface area contributed by atoms with Gasteiger partial charge in [-0.25, -0.2) is 0 Å². The summed E-state index contributed by atoms with van der Waals surface area (Å²) in [6.07, 6.45) is 4.20. The first-order valence-corrected chi connectivity index (χ1v) is 7.16. The second-order valence-corrected chi connectivity index (χ2v) is 6.57. The van der Waals surface area contributed by atoms with Gasteiger partial charge in [0.25, 0.3) is 0 Å². The average molecular weight is 266 g/mol. The lowest BCUT2D eigenvalue weighted by Gasteiger charge is -2.33. The van der Waals surface area contributed by atoms with Crippen LogP contribution in [0.15, 0.2) is 11.6 Å². The molecule has 2 heterocycles. The molecule has 1 fully saturated rings. The van der Waals surface area contributed by atoms with E-state index in [1.807, 2.05) is 4.90 Å². The van der Waals surface area contributed by atoms with Gasteiger partial charge in [-0.1, -0.05) is 32.4 Å². The van der Waals surface area contributed by atoms with Crippen molar-refractivity contribution in [2.75, 3.05) is 26.7 Å². The Labute approximate surface area is 116 Å². The number of hydrogen-bond donors (Lipinski definition) is 1. The van der Waals surface area contributed by atoms with Gasteiger partial charge < -0.3 is 15.0 Å². The third-order valence-electron chi connectivity index (χ3n) is 4.21. The maximum Gasteiger partial charge on any atom is 0.240 e. The maximum atomic E-state index is 12.4. The number of carbonyl (C=O) groups excluding carboxylic acids is 1. The highest BCUT2D eigenvalue weighted by molar-refractivity contribution is 5.82. The summed E-state index contributed by atoms with van der Waals surface area (Å²) >= 11 is 0. The molecule has 1 saturated heterocycles. The van der Waals surface area contributed by atoms with E-state index in [4.69, 9.17) is 4.74 Å². The van der Waals surface area contributed by atoms with Gasteiger partial charge in [0, 0.05) is 26.7 Å². The highest BCUT2D eigenvalue weighted by Crippen LogP contribution is 2.30. The first kappa shape index (κ1) is 14.5. The van der Waals surface area contributed by atoms with Crippen LogP contribution in [0.25, 0.3) is 0 Å². The molecule has 0 bridgehead atoms. The Hall–Kier alpha value is -0.870. The summed E-state index contributed by atoms with van der Waals surface area (Å²) in [7, 11) is 1.71. The van der Waals surface area contributed by atoms with Crippen molar-refractivity contribution < 1.29 is 9.53 Å². The molecule has 2 unspecified atom stereocenters. The number of nitrogens with one attached hydrogen (secondary N) is 1. The molecular formula is C15H26N2O2. The number of carbonyl (C=O) groups is 1. The number of amides is 1. The Morgan fingerprint density at radius 3 is 2.68 bits per heavy atom. The second kappa shape index (κ2) is 5.63. The zero-order valence-electron chi connectivity index (χ0n) is 12.5. The smallest absolute Gasteiger partial charge is 0.240 e. The summed E-state index contributed by atoms with van der Waals surface area (Å²) in [5, 5.41) is 3.26. The molecule has 0 radical (unpaired) electrons. The van der Waals surface area contributed by atoms with E-state index >= 15 is 0 Å². The van der Waals surface area contributed by atoms with Crippen LogP contribution in [0.2, 0.25) is 0 Å². The third-order valence-corrected chi connectivity index (χ3v) is 4.21. The lowest BCUT2D eigenvalue weighted by Crippen LogP contribution is -2.45. The first-order chi connectivity index (χ1) is 8.91. The van der Waals surface area contributed by atoms with Gasteiger partial charge in [0.2, 0.25) is 5.91 Å². The molecule has 19 heavy (non-hydrogen) atoms. The maximum absolute atomic E-state index is 12.4. The Morgan fingerprint density at radius 2 is 2.21 bits per heavy atom. The summed E-state index contributed by atoms with van der Waals surface area (Å²) in [6.45, 7) is 9.08. The Balaban J connectivity index is 1.91. The molecule has 4 heteroatoms. The van der Waals surface area contributed by atoms with Crippen LogP contribution < -0.4 is 5.32 Å². The highest BCUT2D eigenvalue weighted by Gasteiger charge is 2.33. The van der Waals surface area contributed by atoms with E-state index in [9.17, 15) is 4.79 Å². The van der Waals surface area contributed by atoms with Crippen molar-refractivity contribution in [1.82, 2.24) is 10.2 Å². The van der Waals surface area contributed by atoms with Crippen LogP contribution in [-0.2, 0) is 9.53 Å². The predicted octanol–water partition coefficient (Wildman–Crippen LogP) is 1.57. The zero-order valence-corrected chi connectivity index (χ0v) is 12.5. The Morgan fingerprint density at radius 1 is 1.47 bits per heavy atom. The zero-order chi connectivity index (χ0) is 14.0. The van der Waals surface area contributed by atoms with Gasteiger partial charge in [0.1, 0.15) is 0 Å². The largest absolute Gasteiger partial charge is 0.380 e. The van der Waals surface area contributed by atoms with E-state index in [0.717, 1.165) is 32.5 Å². The number of ether oxygens (including phenoxy) is 1. The van der Waals surface area contributed by atoms with E-state index in [0.29, 0.717) is 0 Å². The minimum atomic E-state index is -0.0606. The molecule has 108 valence electrons. The summed E-state index contributed by atoms with van der Waals surface area (Å²) in [6, 6.07) is -0.0606. The van der Waals surface area contributed by atoms with Crippen molar-refractivity contribution in [1.29, 1.82) is 0 Å². The number of methoxy groups -OCH3 is 1. The molecule has 0 aromatic carbocycles. The predicted molar refractivity (Wildman–Crippen MR) is 75.9 cm³/mol. The van der Waals surface area contributed by atoms with Crippen LogP contribution in [0.4, 0.5) is 0 Å². The third kappa shape index (κ3) is 3.37. The van der Waals surface area contributed by atoms with E-state index < -0.39 is 0 Å². The number of rotatable bonds is 2. The fraction of sp³-hybridized carbons (Fsp3) is 0.800. The van der Waals surface area contributed by atoms with Crippen LogP contribution in [0.1, 0.15) is 33.6 Å². The van der Waals surface area contributed by atoms with Crippen LogP contribution in [-0.4, -0.2) is 49.7 Å². The van der Waals surface area contributed by atoms with Crippen LogP contribution in [0.5, 0.6) is 0 Å². The molecule has 2 rings (SSSR count). The fourth-order valence-electron chi connectivity index (χ4n) is 2.84. The quantitative estimate of drug-likeness (QED) is 0.771. The molecule has 0 aromatic heterocycles.